The summed E-state index contributed by atoms with van der Waals surface area (Å²) >= 11 is 0. The molecule has 0 fully saturated rings. The molecule has 1 amide bonds. The number of nitrogens with two attached hydrogens (primary N) is 1. The molecule has 88 valence electrons. The van der Waals surface area contributed by atoms with Crippen LogP contribution in [0.2, 0.25) is 0 Å². The van der Waals surface area contributed by atoms with Crippen molar-refractivity contribution in [3.63, 3.8) is 0 Å². The van der Waals surface area contributed by atoms with E-state index < -0.39 is 0 Å². The Labute approximate surface area is 96.4 Å². The Morgan fingerprint density at radius 2 is 1.94 bits per heavy atom. The lowest BCUT2D eigenvalue weighted by molar-refractivity contribution is -0.121. The Hall–Kier alpha value is -1.55. The summed E-state index contributed by atoms with van der Waals surface area (Å²) in [4.78, 5) is 13.2. The predicted molar refractivity (Wildman–Crippen MR) is 66.3 cm³/mol. The number of carbonyl (C=O) groups excluding carboxylic acids is 1. The van der Waals surface area contributed by atoms with Gasteiger partial charge in [0.15, 0.2) is 0 Å². The standard InChI is InChI=1S/C12H19N3O/c1-15(2)11-5-3-10(4-6-11)9-14-12(16)7-8-13/h3-6H,7-9,13H2,1-2H3,(H,14,16). The molecule has 0 atom stereocenters. The molecule has 0 saturated heterocycles. The van der Waals surface area contributed by atoms with E-state index in [-0.39, 0.29) is 5.91 Å². The molecule has 0 radical (unpaired) electrons. The summed E-state index contributed by atoms with van der Waals surface area (Å²) in [5, 5.41) is 2.82. The van der Waals surface area contributed by atoms with Crippen molar-refractivity contribution in [3.8, 4) is 0 Å². The number of hydrogen-bond acceptors (Lipinski definition) is 3. The zero-order valence-electron chi connectivity index (χ0n) is 9.86. The normalized spacial score (nSPS) is 9.94. The lowest BCUT2D eigenvalue weighted by atomic mass is 10.2. The van der Waals surface area contributed by atoms with Crippen LogP contribution < -0.4 is 16.0 Å². The van der Waals surface area contributed by atoms with Gasteiger partial charge in [-0.1, -0.05) is 12.1 Å². The van der Waals surface area contributed by atoms with E-state index in [9.17, 15) is 4.79 Å². The van der Waals surface area contributed by atoms with Crippen molar-refractivity contribution >= 4 is 11.6 Å². The molecular formula is C12H19N3O. The molecular weight excluding hydrogens is 202 g/mol. The largest absolute Gasteiger partial charge is 0.378 e. The van der Waals surface area contributed by atoms with Gasteiger partial charge in [0.05, 0.1) is 0 Å². The Kier molecular flexibility index (Phi) is 4.79. The molecule has 0 aliphatic rings. The number of nitrogens with one attached hydrogen (secondary N) is 1. The van der Waals surface area contributed by atoms with Gasteiger partial charge in [-0.15, -0.1) is 0 Å². The van der Waals surface area contributed by atoms with Crippen LogP contribution in [0, 0.1) is 0 Å². The van der Waals surface area contributed by atoms with Gasteiger partial charge in [0.2, 0.25) is 5.91 Å². The van der Waals surface area contributed by atoms with Crippen LogP contribution in [0.1, 0.15) is 12.0 Å². The van der Waals surface area contributed by atoms with Crippen LogP contribution in [0.4, 0.5) is 5.69 Å². The highest BCUT2D eigenvalue weighted by Crippen LogP contribution is 2.11. The third kappa shape index (κ3) is 3.90. The second-order valence-corrected chi connectivity index (χ2v) is 3.88. The third-order valence-corrected chi connectivity index (χ3v) is 2.31. The molecule has 16 heavy (non-hydrogen) atoms. The van der Waals surface area contributed by atoms with Crippen molar-refractivity contribution in [2.45, 2.75) is 13.0 Å². The molecule has 0 unspecified atom stereocenters. The first-order chi connectivity index (χ1) is 7.63. The maximum absolute atomic E-state index is 11.2. The van der Waals surface area contributed by atoms with E-state index in [1.807, 2.05) is 43.3 Å². The smallest absolute Gasteiger partial charge is 0.221 e. The molecule has 1 aromatic rings. The molecule has 0 aliphatic carbocycles. The maximum Gasteiger partial charge on any atom is 0.221 e. The van der Waals surface area contributed by atoms with Crippen molar-refractivity contribution in [2.75, 3.05) is 25.5 Å². The van der Waals surface area contributed by atoms with Crippen LogP contribution in [-0.2, 0) is 11.3 Å². The number of carbonyl (C=O) groups is 1. The van der Waals surface area contributed by atoms with Crippen LogP contribution in [-0.4, -0.2) is 26.5 Å². The average molecular weight is 221 g/mol. The topological polar surface area (TPSA) is 58.4 Å². The summed E-state index contributed by atoms with van der Waals surface area (Å²) < 4.78 is 0. The zero-order chi connectivity index (χ0) is 12.0. The summed E-state index contributed by atoms with van der Waals surface area (Å²) in [6, 6.07) is 8.09. The van der Waals surface area contributed by atoms with Crippen LogP contribution in [0.3, 0.4) is 0 Å². The molecule has 0 saturated carbocycles. The average Bonchev–Trinajstić information content (AvgIpc) is 2.27. The first-order valence-corrected chi connectivity index (χ1v) is 5.36. The van der Waals surface area contributed by atoms with E-state index in [0.29, 0.717) is 19.5 Å². The van der Waals surface area contributed by atoms with Crippen molar-refractivity contribution in [1.29, 1.82) is 0 Å². The Morgan fingerprint density at radius 3 is 2.44 bits per heavy atom. The summed E-state index contributed by atoms with van der Waals surface area (Å²) in [6.07, 6.45) is 0.385. The van der Waals surface area contributed by atoms with Gasteiger partial charge in [0.1, 0.15) is 0 Å². The minimum atomic E-state index is -0.000754. The number of rotatable bonds is 5. The highest BCUT2D eigenvalue weighted by molar-refractivity contribution is 5.76. The Balaban J connectivity index is 2.46. The molecule has 0 aromatic heterocycles. The first-order valence-electron chi connectivity index (χ1n) is 5.36. The number of hydrogen-bond donors (Lipinski definition) is 2. The number of anilines is 1. The second kappa shape index (κ2) is 6.12. The summed E-state index contributed by atoms with van der Waals surface area (Å²) in [7, 11) is 4.00. The van der Waals surface area contributed by atoms with Crippen LogP contribution in [0.15, 0.2) is 24.3 Å². The van der Waals surface area contributed by atoms with Gasteiger partial charge in [-0.25, -0.2) is 0 Å². The SMILES string of the molecule is CN(C)c1ccc(CNC(=O)CCN)cc1. The molecule has 4 nitrogen and oxygen atoms in total. The molecule has 0 heterocycles. The van der Waals surface area contributed by atoms with Crippen molar-refractivity contribution in [3.05, 3.63) is 29.8 Å². The molecule has 0 bridgehead atoms. The lowest BCUT2D eigenvalue weighted by Gasteiger charge is -2.12. The summed E-state index contributed by atoms with van der Waals surface area (Å²) in [5.74, 6) is -0.000754. The molecule has 0 spiro atoms. The van der Waals surface area contributed by atoms with Gasteiger partial charge < -0.3 is 16.0 Å². The summed E-state index contributed by atoms with van der Waals surface area (Å²) in [6.45, 7) is 0.956. The number of amides is 1. The molecule has 1 aromatic carbocycles. The molecule has 1 rings (SSSR count). The fourth-order valence-corrected chi connectivity index (χ4v) is 1.33. The van der Waals surface area contributed by atoms with Crippen LogP contribution in [0.25, 0.3) is 0 Å². The van der Waals surface area contributed by atoms with Crippen molar-refractivity contribution in [2.24, 2.45) is 5.73 Å². The van der Waals surface area contributed by atoms with Crippen molar-refractivity contribution in [1.82, 2.24) is 5.32 Å². The predicted octanol–water partition coefficient (Wildman–Crippen LogP) is 0.718. The van der Waals surface area contributed by atoms with E-state index in [1.165, 1.54) is 0 Å². The van der Waals surface area contributed by atoms with Crippen LogP contribution in [0.5, 0.6) is 0 Å². The first kappa shape index (κ1) is 12.5. The zero-order valence-corrected chi connectivity index (χ0v) is 9.86. The van der Waals surface area contributed by atoms with Gasteiger partial charge in [-0.3, -0.25) is 4.79 Å². The van der Waals surface area contributed by atoms with E-state index in [4.69, 9.17) is 5.73 Å². The van der Waals surface area contributed by atoms with Gasteiger partial charge in [0, 0.05) is 39.3 Å². The minimum absolute atomic E-state index is 0.000754. The fraction of sp³-hybridized carbons (Fsp3) is 0.417. The highest BCUT2D eigenvalue weighted by atomic mass is 16.1. The lowest BCUT2D eigenvalue weighted by Crippen LogP contribution is -2.24. The van der Waals surface area contributed by atoms with Crippen molar-refractivity contribution < 1.29 is 4.79 Å². The third-order valence-electron chi connectivity index (χ3n) is 2.31. The maximum atomic E-state index is 11.2. The molecule has 3 N–H and O–H groups in total. The minimum Gasteiger partial charge on any atom is -0.378 e. The van der Waals surface area contributed by atoms with Crippen LogP contribution >= 0.6 is 0 Å². The number of benzene rings is 1. The molecule has 4 heteroatoms. The van der Waals surface area contributed by atoms with E-state index in [0.717, 1.165) is 11.3 Å². The second-order valence-electron chi connectivity index (χ2n) is 3.88. The van der Waals surface area contributed by atoms with Gasteiger partial charge in [0.25, 0.3) is 0 Å². The fourth-order valence-electron chi connectivity index (χ4n) is 1.33. The number of nitrogens with zero attached hydrogens (tertiary/aromatic N) is 1. The monoisotopic (exact) mass is 221 g/mol. The molecule has 0 aliphatic heterocycles. The van der Waals surface area contributed by atoms with Gasteiger partial charge in [-0.05, 0) is 17.7 Å². The van der Waals surface area contributed by atoms with Gasteiger partial charge >= 0.3 is 0 Å². The van der Waals surface area contributed by atoms with Gasteiger partial charge in [-0.2, -0.15) is 0 Å². The Bertz CT molecular complexity index is 333. The highest BCUT2D eigenvalue weighted by Gasteiger charge is 2.00. The van der Waals surface area contributed by atoms with E-state index in [2.05, 4.69) is 5.32 Å². The van der Waals surface area contributed by atoms with E-state index >= 15 is 0 Å². The Morgan fingerprint density at radius 1 is 1.31 bits per heavy atom. The quantitative estimate of drug-likeness (QED) is 0.770. The van der Waals surface area contributed by atoms with E-state index in [1.54, 1.807) is 0 Å². The summed E-state index contributed by atoms with van der Waals surface area (Å²) in [5.41, 5.74) is 7.53.